The van der Waals surface area contributed by atoms with Gasteiger partial charge in [0.25, 0.3) is 5.91 Å². The van der Waals surface area contributed by atoms with E-state index < -0.39 is 23.3 Å². The lowest BCUT2D eigenvalue weighted by atomic mass is 9.67. The highest BCUT2D eigenvalue weighted by Gasteiger charge is 2.48. The second-order valence-corrected chi connectivity index (χ2v) is 9.89. The van der Waals surface area contributed by atoms with Gasteiger partial charge in [-0.05, 0) is 38.5 Å². The molecule has 2 heterocycles. The number of rotatable bonds is 9. The first kappa shape index (κ1) is 27.2. The molecular formula is C27H25Cl2N5O4. The molecule has 0 fully saturated rings. The van der Waals surface area contributed by atoms with Crippen LogP contribution in [0.25, 0.3) is 5.57 Å². The summed E-state index contributed by atoms with van der Waals surface area (Å²) in [5, 5.41) is 6.28. The van der Waals surface area contributed by atoms with E-state index >= 15 is 0 Å². The second kappa shape index (κ2) is 11.3. The standard InChI is InChI=1S/C27H25Cl2N5O4/c1-4-38-26(37)19(34-23-22(24(35)27(23,2)3)20-14-30-9-10-32-20)11-15-5-7-16(8-6-15)33-25(36)21-17(28)12-31-13-18(21)29/h5-10,12-14,19,34H,4,11H2,1-3H3,(H,33,36)/t19-/m0/s1. The van der Waals surface area contributed by atoms with E-state index in [0.717, 1.165) is 5.56 Å². The molecule has 0 aliphatic heterocycles. The third-order valence-electron chi connectivity index (χ3n) is 6.11. The molecule has 0 spiro atoms. The number of carbonyl (C=O) groups is 3. The van der Waals surface area contributed by atoms with Crippen LogP contribution in [0, 0.1) is 5.41 Å². The van der Waals surface area contributed by atoms with E-state index in [4.69, 9.17) is 27.9 Å². The smallest absolute Gasteiger partial charge is 0.328 e. The van der Waals surface area contributed by atoms with Crippen LogP contribution in [0.15, 0.2) is 60.9 Å². The molecule has 9 nitrogen and oxygen atoms in total. The Kier molecular flexibility index (Phi) is 8.08. The molecule has 1 amide bonds. The lowest BCUT2D eigenvalue weighted by Crippen LogP contribution is -2.51. The molecule has 2 N–H and O–H groups in total. The van der Waals surface area contributed by atoms with Crippen molar-refractivity contribution in [3.05, 3.63) is 87.8 Å². The van der Waals surface area contributed by atoms with Crippen LogP contribution >= 0.6 is 23.2 Å². The van der Waals surface area contributed by atoms with Gasteiger partial charge in [-0.3, -0.25) is 24.5 Å². The number of amides is 1. The van der Waals surface area contributed by atoms with Crippen LogP contribution in [0.4, 0.5) is 5.69 Å². The zero-order valence-corrected chi connectivity index (χ0v) is 22.4. The van der Waals surface area contributed by atoms with Gasteiger partial charge in [-0.25, -0.2) is 4.79 Å². The van der Waals surface area contributed by atoms with Gasteiger partial charge in [-0.15, -0.1) is 0 Å². The van der Waals surface area contributed by atoms with Crippen LogP contribution in [0.3, 0.4) is 0 Å². The minimum atomic E-state index is -0.818. The number of anilines is 1. The van der Waals surface area contributed by atoms with E-state index in [1.165, 1.54) is 31.0 Å². The van der Waals surface area contributed by atoms with Crippen molar-refractivity contribution in [1.29, 1.82) is 0 Å². The molecule has 2 aromatic heterocycles. The lowest BCUT2D eigenvalue weighted by molar-refractivity contribution is -0.145. The second-order valence-electron chi connectivity index (χ2n) is 9.08. The molecule has 11 heteroatoms. The number of nitrogens with one attached hydrogen (secondary N) is 2. The number of nitrogens with zero attached hydrogens (tertiary/aromatic N) is 3. The zero-order valence-electron chi connectivity index (χ0n) is 20.9. The van der Waals surface area contributed by atoms with Crippen molar-refractivity contribution in [2.24, 2.45) is 5.41 Å². The molecule has 1 atom stereocenters. The molecule has 0 unspecified atom stereocenters. The Labute approximate surface area is 229 Å². The number of hydrogen-bond acceptors (Lipinski definition) is 8. The summed E-state index contributed by atoms with van der Waals surface area (Å²) in [5.74, 6) is -1.01. The number of hydrogen-bond donors (Lipinski definition) is 2. The third-order valence-corrected chi connectivity index (χ3v) is 6.68. The Bertz CT molecular complexity index is 1390. The molecule has 196 valence electrons. The van der Waals surface area contributed by atoms with Gasteiger partial charge in [0.2, 0.25) is 0 Å². The maximum atomic E-state index is 12.9. The van der Waals surface area contributed by atoms with Crippen molar-refractivity contribution in [3.8, 4) is 0 Å². The molecule has 38 heavy (non-hydrogen) atoms. The van der Waals surface area contributed by atoms with Crippen LogP contribution in [-0.2, 0) is 20.7 Å². The number of halogens is 2. The summed E-state index contributed by atoms with van der Waals surface area (Å²) in [6, 6.07) is 6.22. The van der Waals surface area contributed by atoms with Crippen molar-refractivity contribution in [2.75, 3.05) is 11.9 Å². The number of esters is 1. The topological polar surface area (TPSA) is 123 Å². The predicted octanol–water partition coefficient (Wildman–Crippen LogP) is 4.51. The van der Waals surface area contributed by atoms with Crippen molar-refractivity contribution in [2.45, 2.75) is 33.2 Å². The molecular weight excluding hydrogens is 529 g/mol. The van der Waals surface area contributed by atoms with Crippen LogP contribution in [-0.4, -0.2) is 45.3 Å². The average Bonchev–Trinajstić information content (AvgIpc) is 2.89. The number of Topliss-reactive ketones (excluding diaryl/α,β-unsaturated/α-hetero) is 1. The molecule has 0 bridgehead atoms. The summed E-state index contributed by atoms with van der Waals surface area (Å²) >= 11 is 12.1. The highest BCUT2D eigenvalue weighted by molar-refractivity contribution is 6.40. The van der Waals surface area contributed by atoms with Gasteiger partial charge in [0.1, 0.15) is 6.04 Å². The molecule has 1 aromatic carbocycles. The Hall–Kier alpha value is -3.82. The average molecular weight is 554 g/mol. The first-order valence-electron chi connectivity index (χ1n) is 11.8. The molecule has 1 aliphatic rings. The fourth-order valence-electron chi connectivity index (χ4n) is 4.11. The minimum absolute atomic E-state index is 0.0855. The summed E-state index contributed by atoms with van der Waals surface area (Å²) in [6.45, 7) is 5.52. The largest absolute Gasteiger partial charge is 0.464 e. The summed E-state index contributed by atoms with van der Waals surface area (Å²) in [6.07, 6.45) is 7.52. The summed E-state index contributed by atoms with van der Waals surface area (Å²) in [7, 11) is 0. The quantitative estimate of drug-likeness (QED) is 0.371. The van der Waals surface area contributed by atoms with E-state index in [1.807, 2.05) is 0 Å². The zero-order chi connectivity index (χ0) is 27.4. The summed E-state index contributed by atoms with van der Waals surface area (Å²) in [5.41, 5.74) is 2.09. The maximum Gasteiger partial charge on any atom is 0.328 e. The van der Waals surface area contributed by atoms with Crippen molar-refractivity contribution < 1.29 is 19.1 Å². The number of ketones is 1. The van der Waals surface area contributed by atoms with E-state index in [-0.39, 0.29) is 34.4 Å². The van der Waals surface area contributed by atoms with Crippen LogP contribution in [0.2, 0.25) is 10.0 Å². The van der Waals surface area contributed by atoms with E-state index in [1.54, 1.807) is 45.0 Å². The van der Waals surface area contributed by atoms with Gasteiger partial charge in [-0.2, -0.15) is 0 Å². The van der Waals surface area contributed by atoms with Gasteiger partial charge in [0.05, 0.1) is 45.1 Å². The number of pyridine rings is 1. The number of benzene rings is 1. The fourth-order valence-corrected chi connectivity index (χ4v) is 4.64. The predicted molar refractivity (Wildman–Crippen MR) is 144 cm³/mol. The SMILES string of the molecule is CCOC(=O)[C@H](Cc1ccc(NC(=O)c2c(Cl)cncc2Cl)cc1)NC1=C(c2cnccn2)C(=O)C1(C)C. The Morgan fingerprint density at radius 3 is 2.32 bits per heavy atom. The number of ether oxygens (including phenoxy) is 1. The van der Waals surface area contributed by atoms with Gasteiger partial charge >= 0.3 is 5.97 Å². The Balaban J connectivity index is 1.54. The first-order chi connectivity index (χ1) is 18.1. The summed E-state index contributed by atoms with van der Waals surface area (Å²) in [4.78, 5) is 50.6. The fraction of sp³-hybridized carbons (Fsp3) is 0.259. The van der Waals surface area contributed by atoms with E-state index in [9.17, 15) is 14.4 Å². The monoisotopic (exact) mass is 553 g/mol. The molecule has 3 aromatic rings. The van der Waals surface area contributed by atoms with E-state index in [2.05, 4.69) is 25.6 Å². The lowest BCUT2D eigenvalue weighted by Gasteiger charge is -2.40. The van der Waals surface area contributed by atoms with Gasteiger partial charge in [-0.1, -0.05) is 35.3 Å². The van der Waals surface area contributed by atoms with Gasteiger partial charge < -0.3 is 15.4 Å². The summed E-state index contributed by atoms with van der Waals surface area (Å²) < 4.78 is 5.31. The van der Waals surface area contributed by atoms with Crippen LogP contribution in [0.5, 0.6) is 0 Å². The molecule has 1 aliphatic carbocycles. The van der Waals surface area contributed by atoms with Crippen LogP contribution < -0.4 is 10.6 Å². The molecule has 0 saturated heterocycles. The highest BCUT2D eigenvalue weighted by atomic mass is 35.5. The van der Waals surface area contributed by atoms with E-state index in [0.29, 0.717) is 22.7 Å². The number of aromatic nitrogens is 3. The van der Waals surface area contributed by atoms with Gasteiger partial charge in [0, 0.05) is 42.6 Å². The molecule has 4 rings (SSSR count). The maximum absolute atomic E-state index is 12.9. The minimum Gasteiger partial charge on any atom is -0.464 e. The Morgan fingerprint density at radius 2 is 1.71 bits per heavy atom. The number of carbonyl (C=O) groups excluding carboxylic acids is 3. The number of allylic oxidation sites excluding steroid dienone is 2. The van der Waals surface area contributed by atoms with Gasteiger partial charge in [0.15, 0.2) is 5.78 Å². The Morgan fingerprint density at radius 1 is 1.03 bits per heavy atom. The van der Waals surface area contributed by atoms with Crippen molar-refractivity contribution >= 4 is 52.1 Å². The molecule has 0 saturated carbocycles. The molecule has 0 radical (unpaired) electrons. The van der Waals surface area contributed by atoms with Crippen molar-refractivity contribution in [1.82, 2.24) is 20.3 Å². The third kappa shape index (κ3) is 5.54. The highest BCUT2D eigenvalue weighted by Crippen LogP contribution is 2.45. The van der Waals surface area contributed by atoms with Crippen molar-refractivity contribution in [3.63, 3.8) is 0 Å². The van der Waals surface area contributed by atoms with Crippen LogP contribution in [0.1, 0.15) is 42.4 Å². The normalized spacial score (nSPS) is 14.9. The first-order valence-corrected chi connectivity index (χ1v) is 12.6.